The smallest absolute Gasteiger partial charge is 0.119 e. The Labute approximate surface area is 128 Å². The Bertz CT molecular complexity index is 388. The van der Waals surface area contributed by atoms with Gasteiger partial charge in [-0.3, -0.25) is 4.90 Å². The van der Waals surface area contributed by atoms with Gasteiger partial charge in [-0.15, -0.1) is 0 Å². The quantitative estimate of drug-likeness (QED) is 0.798. The zero-order chi connectivity index (χ0) is 14.9. The van der Waals surface area contributed by atoms with Gasteiger partial charge in [-0.05, 0) is 57.1 Å². The second-order valence-electron chi connectivity index (χ2n) is 5.65. The van der Waals surface area contributed by atoms with Crippen molar-refractivity contribution in [2.45, 2.75) is 32.2 Å². The van der Waals surface area contributed by atoms with Crippen LogP contribution in [0.5, 0.6) is 11.5 Å². The van der Waals surface area contributed by atoms with Crippen molar-refractivity contribution in [1.82, 2.24) is 10.2 Å². The standard InChI is InChI=1S/C17H28N2O2/c1-3-12-20-16-6-8-17(9-7-16)21-13-11-19(2)15-5-4-10-18-14-15/h6-9,15,18H,3-5,10-14H2,1-2H3. The molecule has 2 rings (SSSR count). The van der Waals surface area contributed by atoms with Crippen molar-refractivity contribution >= 4 is 0 Å². The molecule has 1 fully saturated rings. The van der Waals surface area contributed by atoms with Gasteiger partial charge in [0.25, 0.3) is 0 Å². The third kappa shape index (κ3) is 5.56. The molecule has 1 saturated heterocycles. The molecular formula is C17H28N2O2. The Morgan fingerprint density at radius 1 is 1.14 bits per heavy atom. The van der Waals surface area contributed by atoms with Gasteiger partial charge < -0.3 is 14.8 Å². The van der Waals surface area contributed by atoms with E-state index < -0.39 is 0 Å². The molecule has 1 aliphatic rings. The lowest BCUT2D eigenvalue weighted by Gasteiger charge is -2.31. The summed E-state index contributed by atoms with van der Waals surface area (Å²) < 4.78 is 11.4. The average Bonchev–Trinajstić information content (AvgIpc) is 2.55. The molecule has 1 N–H and O–H groups in total. The largest absolute Gasteiger partial charge is 0.494 e. The number of hydrogen-bond donors (Lipinski definition) is 1. The van der Waals surface area contributed by atoms with Crippen LogP contribution in [0.25, 0.3) is 0 Å². The van der Waals surface area contributed by atoms with Crippen LogP contribution in [0.4, 0.5) is 0 Å². The van der Waals surface area contributed by atoms with Gasteiger partial charge in [-0.1, -0.05) is 6.92 Å². The molecular weight excluding hydrogens is 264 g/mol. The zero-order valence-corrected chi connectivity index (χ0v) is 13.3. The van der Waals surface area contributed by atoms with E-state index in [2.05, 4.69) is 24.2 Å². The molecule has 21 heavy (non-hydrogen) atoms. The number of likely N-dealkylation sites (N-methyl/N-ethyl adjacent to an activating group) is 1. The maximum Gasteiger partial charge on any atom is 0.119 e. The fourth-order valence-electron chi connectivity index (χ4n) is 2.55. The van der Waals surface area contributed by atoms with Crippen molar-refractivity contribution in [3.63, 3.8) is 0 Å². The molecule has 0 radical (unpaired) electrons. The second-order valence-corrected chi connectivity index (χ2v) is 5.65. The van der Waals surface area contributed by atoms with Crippen LogP contribution in [0.1, 0.15) is 26.2 Å². The summed E-state index contributed by atoms with van der Waals surface area (Å²) in [5.74, 6) is 1.82. The van der Waals surface area contributed by atoms with E-state index in [0.717, 1.165) is 50.8 Å². The zero-order valence-electron chi connectivity index (χ0n) is 13.3. The Kier molecular flexibility index (Phi) is 6.83. The molecule has 1 atom stereocenters. The van der Waals surface area contributed by atoms with Crippen molar-refractivity contribution < 1.29 is 9.47 Å². The lowest BCUT2D eigenvalue weighted by molar-refractivity contribution is 0.168. The van der Waals surface area contributed by atoms with E-state index in [0.29, 0.717) is 6.04 Å². The lowest BCUT2D eigenvalue weighted by Crippen LogP contribution is -2.45. The molecule has 0 aliphatic carbocycles. The normalized spacial score (nSPS) is 18.7. The van der Waals surface area contributed by atoms with E-state index in [9.17, 15) is 0 Å². The molecule has 1 aromatic rings. The molecule has 0 amide bonds. The fraction of sp³-hybridized carbons (Fsp3) is 0.647. The first-order valence-corrected chi connectivity index (χ1v) is 8.06. The van der Waals surface area contributed by atoms with Crippen molar-refractivity contribution in [3.05, 3.63) is 24.3 Å². The maximum absolute atomic E-state index is 5.81. The third-order valence-electron chi connectivity index (χ3n) is 3.90. The first-order chi connectivity index (χ1) is 10.3. The highest BCUT2D eigenvalue weighted by atomic mass is 16.5. The molecule has 4 nitrogen and oxygen atoms in total. The Hall–Kier alpha value is -1.26. The summed E-state index contributed by atoms with van der Waals surface area (Å²) in [5, 5.41) is 3.45. The lowest BCUT2D eigenvalue weighted by atomic mass is 10.1. The van der Waals surface area contributed by atoms with Gasteiger partial charge in [0.05, 0.1) is 6.61 Å². The minimum Gasteiger partial charge on any atom is -0.494 e. The molecule has 0 bridgehead atoms. The highest BCUT2D eigenvalue weighted by molar-refractivity contribution is 5.31. The SMILES string of the molecule is CCCOc1ccc(OCCN(C)C2CCCNC2)cc1. The molecule has 1 aliphatic heterocycles. The number of nitrogens with one attached hydrogen (secondary N) is 1. The Morgan fingerprint density at radius 3 is 2.38 bits per heavy atom. The number of ether oxygens (including phenoxy) is 2. The van der Waals surface area contributed by atoms with Gasteiger partial charge in [0.15, 0.2) is 0 Å². The molecule has 4 heteroatoms. The van der Waals surface area contributed by atoms with Crippen molar-refractivity contribution in [3.8, 4) is 11.5 Å². The molecule has 0 spiro atoms. The van der Waals surface area contributed by atoms with Gasteiger partial charge >= 0.3 is 0 Å². The molecule has 1 heterocycles. The number of piperidine rings is 1. The summed E-state index contributed by atoms with van der Waals surface area (Å²) >= 11 is 0. The van der Waals surface area contributed by atoms with E-state index in [-0.39, 0.29) is 0 Å². The van der Waals surface area contributed by atoms with Crippen LogP contribution in [-0.2, 0) is 0 Å². The summed E-state index contributed by atoms with van der Waals surface area (Å²) in [4.78, 5) is 2.39. The van der Waals surface area contributed by atoms with E-state index in [1.54, 1.807) is 0 Å². The van der Waals surface area contributed by atoms with Crippen LogP contribution in [-0.4, -0.2) is 50.8 Å². The van der Waals surface area contributed by atoms with Crippen LogP contribution in [0.15, 0.2) is 24.3 Å². The monoisotopic (exact) mass is 292 g/mol. The Morgan fingerprint density at radius 2 is 1.81 bits per heavy atom. The number of nitrogens with zero attached hydrogens (tertiary/aromatic N) is 1. The van der Waals surface area contributed by atoms with Crippen LogP contribution in [0.3, 0.4) is 0 Å². The average molecular weight is 292 g/mol. The molecule has 0 aromatic heterocycles. The molecule has 118 valence electrons. The van der Waals surface area contributed by atoms with Gasteiger partial charge in [0.2, 0.25) is 0 Å². The van der Waals surface area contributed by atoms with Gasteiger partial charge in [-0.2, -0.15) is 0 Å². The summed E-state index contributed by atoms with van der Waals surface area (Å²) in [6, 6.07) is 8.55. The highest BCUT2D eigenvalue weighted by Crippen LogP contribution is 2.18. The predicted octanol–water partition coefficient (Wildman–Crippen LogP) is 2.54. The number of rotatable bonds is 8. The summed E-state index contributed by atoms with van der Waals surface area (Å²) in [5.41, 5.74) is 0. The topological polar surface area (TPSA) is 33.7 Å². The number of hydrogen-bond acceptors (Lipinski definition) is 4. The molecule has 1 unspecified atom stereocenters. The van der Waals surface area contributed by atoms with E-state index in [1.165, 1.54) is 12.8 Å². The summed E-state index contributed by atoms with van der Waals surface area (Å²) in [7, 11) is 2.18. The van der Waals surface area contributed by atoms with Crippen LogP contribution >= 0.6 is 0 Å². The van der Waals surface area contributed by atoms with Crippen LogP contribution in [0, 0.1) is 0 Å². The minimum absolute atomic E-state index is 0.646. The van der Waals surface area contributed by atoms with Crippen LogP contribution < -0.4 is 14.8 Å². The predicted molar refractivity (Wildman–Crippen MR) is 86.2 cm³/mol. The minimum atomic E-state index is 0.646. The first kappa shape index (κ1) is 16.1. The molecule has 0 saturated carbocycles. The van der Waals surface area contributed by atoms with Gasteiger partial charge in [0, 0.05) is 19.1 Å². The number of benzene rings is 1. The fourth-order valence-corrected chi connectivity index (χ4v) is 2.55. The Balaban J connectivity index is 1.67. The summed E-state index contributed by atoms with van der Waals surface area (Å²) in [6.45, 7) is 6.81. The molecule has 1 aromatic carbocycles. The van der Waals surface area contributed by atoms with Gasteiger partial charge in [0.1, 0.15) is 18.1 Å². The van der Waals surface area contributed by atoms with Crippen molar-refractivity contribution in [2.75, 3.05) is 39.9 Å². The van der Waals surface area contributed by atoms with Crippen LogP contribution in [0.2, 0.25) is 0 Å². The highest BCUT2D eigenvalue weighted by Gasteiger charge is 2.17. The first-order valence-electron chi connectivity index (χ1n) is 8.06. The second kappa shape index (κ2) is 8.90. The van der Waals surface area contributed by atoms with E-state index >= 15 is 0 Å². The van der Waals surface area contributed by atoms with E-state index in [4.69, 9.17) is 9.47 Å². The van der Waals surface area contributed by atoms with E-state index in [1.807, 2.05) is 24.3 Å². The van der Waals surface area contributed by atoms with Gasteiger partial charge in [-0.25, -0.2) is 0 Å². The van der Waals surface area contributed by atoms with Crippen molar-refractivity contribution in [1.29, 1.82) is 0 Å². The van der Waals surface area contributed by atoms with Crippen molar-refractivity contribution in [2.24, 2.45) is 0 Å². The third-order valence-corrected chi connectivity index (χ3v) is 3.90. The maximum atomic E-state index is 5.81. The summed E-state index contributed by atoms with van der Waals surface area (Å²) in [6.07, 6.45) is 3.59.